The second kappa shape index (κ2) is 5.85. The van der Waals surface area contributed by atoms with E-state index in [0.29, 0.717) is 0 Å². The monoisotopic (exact) mass is 274 g/mol. The Labute approximate surface area is 118 Å². The van der Waals surface area contributed by atoms with Crippen molar-refractivity contribution >= 4 is 21.6 Å². The maximum absolute atomic E-state index is 2.26. The van der Waals surface area contributed by atoms with Gasteiger partial charge in [-0.1, -0.05) is 33.7 Å². The molecule has 2 rings (SSSR count). The van der Waals surface area contributed by atoms with Gasteiger partial charge in [0.1, 0.15) is 0 Å². The standard InChI is InChI=1S/C16H18S2/c1-11-7-12(2)9-16(8-11)18-17-15-6-5-13(3)14(4)10-15/h5-10H,1-4H3. The number of benzene rings is 2. The molecule has 0 N–H and O–H groups in total. The minimum absolute atomic E-state index is 1.32. The summed E-state index contributed by atoms with van der Waals surface area (Å²) in [4.78, 5) is 2.65. The topological polar surface area (TPSA) is 0 Å². The number of rotatable bonds is 3. The first kappa shape index (κ1) is 13.6. The maximum atomic E-state index is 2.26. The summed E-state index contributed by atoms with van der Waals surface area (Å²) in [6, 6.07) is 13.3. The predicted octanol–water partition coefficient (Wildman–Crippen LogP) is 5.72. The van der Waals surface area contributed by atoms with Crippen LogP contribution in [0.2, 0.25) is 0 Å². The fourth-order valence-electron chi connectivity index (χ4n) is 1.84. The van der Waals surface area contributed by atoms with Gasteiger partial charge in [0.2, 0.25) is 0 Å². The molecule has 0 aliphatic carbocycles. The van der Waals surface area contributed by atoms with E-state index in [1.54, 1.807) is 0 Å². The van der Waals surface area contributed by atoms with Gasteiger partial charge in [0.15, 0.2) is 0 Å². The molecule has 0 bridgehead atoms. The number of aryl methyl sites for hydroxylation is 4. The minimum Gasteiger partial charge on any atom is -0.0579 e. The average molecular weight is 274 g/mol. The van der Waals surface area contributed by atoms with E-state index >= 15 is 0 Å². The van der Waals surface area contributed by atoms with Crippen LogP contribution < -0.4 is 0 Å². The molecule has 18 heavy (non-hydrogen) atoms. The average Bonchev–Trinajstić information content (AvgIpc) is 2.29. The normalized spacial score (nSPS) is 10.7. The molecule has 2 heteroatoms. The highest BCUT2D eigenvalue weighted by molar-refractivity contribution is 8.76. The van der Waals surface area contributed by atoms with Crippen molar-refractivity contribution < 1.29 is 0 Å². The van der Waals surface area contributed by atoms with Gasteiger partial charge in [0.25, 0.3) is 0 Å². The molecule has 0 aliphatic heterocycles. The Morgan fingerprint density at radius 1 is 0.611 bits per heavy atom. The highest BCUT2D eigenvalue weighted by Gasteiger charge is 2.01. The summed E-state index contributed by atoms with van der Waals surface area (Å²) in [6.45, 7) is 8.62. The fraction of sp³-hybridized carbons (Fsp3) is 0.250. The summed E-state index contributed by atoms with van der Waals surface area (Å²) < 4.78 is 0. The molecular formula is C16H18S2. The van der Waals surface area contributed by atoms with E-state index in [1.807, 2.05) is 21.6 Å². The Bertz CT molecular complexity index is 539. The molecule has 94 valence electrons. The van der Waals surface area contributed by atoms with Crippen molar-refractivity contribution in [2.24, 2.45) is 0 Å². The summed E-state index contributed by atoms with van der Waals surface area (Å²) in [5.74, 6) is 0. The smallest absolute Gasteiger partial charge is 0.0191 e. The van der Waals surface area contributed by atoms with Gasteiger partial charge in [-0.25, -0.2) is 0 Å². The molecule has 2 aromatic carbocycles. The number of hydrogen-bond donors (Lipinski definition) is 0. The molecule has 0 radical (unpaired) electrons. The third-order valence-corrected chi connectivity index (χ3v) is 5.27. The molecule has 0 saturated carbocycles. The SMILES string of the molecule is Cc1cc(C)cc(SSc2ccc(C)c(C)c2)c1. The molecule has 0 aliphatic rings. The van der Waals surface area contributed by atoms with Crippen LogP contribution in [0.4, 0.5) is 0 Å². The largest absolute Gasteiger partial charge is 0.0579 e. The lowest BCUT2D eigenvalue weighted by atomic mass is 10.1. The Balaban J connectivity index is 2.08. The van der Waals surface area contributed by atoms with Crippen LogP contribution in [0, 0.1) is 27.7 Å². The molecule has 0 heterocycles. The highest BCUT2D eigenvalue weighted by atomic mass is 33.1. The van der Waals surface area contributed by atoms with Gasteiger partial charge in [-0.15, -0.1) is 0 Å². The van der Waals surface area contributed by atoms with Crippen molar-refractivity contribution in [2.75, 3.05) is 0 Å². The second-order valence-corrected chi connectivity index (χ2v) is 7.01. The van der Waals surface area contributed by atoms with Gasteiger partial charge in [0, 0.05) is 9.79 Å². The molecule has 2 aromatic rings. The summed E-state index contributed by atoms with van der Waals surface area (Å²) in [5.41, 5.74) is 5.38. The van der Waals surface area contributed by atoms with E-state index in [-0.39, 0.29) is 0 Å². The van der Waals surface area contributed by atoms with E-state index in [4.69, 9.17) is 0 Å². The van der Waals surface area contributed by atoms with Crippen LogP contribution in [0.25, 0.3) is 0 Å². The first-order valence-electron chi connectivity index (χ1n) is 6.04. The first-order valence-corrected chi connectivity index (χ1v) is 8.19. The Morgan fingerprint density at radius 3 is 1.83 bits per heavy atom. The molecular weight excluding hydrogens is 256 g/mol. The third kappa shape index (κ3) is 3.56. The lowest BCUT2D eigenvalue weighted by Crippen LogP contribution is -1.80. The van der Waals surface area contributed by atoms with Crippen LogP contribution in [0.1, 0.15) is 22.3 Å². The minimum atomic E-state index is 1.32. The van der Waals surface area contributed by atoms with Gasteiger partial charge in [-0.05, 0) is 74.2 Å². The Morgan fingerprint density at radius 2 is 1.22 bits per heavy atom. The highest BCUT2D eigenvalue weighted by Crippen LogP contribution is 2.38. The molecule has 0 spiro atoms. The third-order valence-electron chi connectivity index (χ3n) is 2.91. The maximum Gasteiger partial charge on any atom is 0.0191 e. The van der Waals surface area contributed by atoms with E-state index in [1.165, 1.54) is 32.0 Å². The summed E-state index contributed by atoms with van der Waals surface area (Å²) >= 11 is 0. The molecule has 0 saturated heterocycles. The second-order valence-electron chi connectivity index (χ2n) is 4.74. The summed E-state index contributed by atoms with van der Waals surface area (Å²) in [6.07, 6.45) is 0. The fourth-order valence-corrected chi connectivity index (χ4v) is 4.03. The quantitative estimate of drug-likeness (QED) is 0.656. The zero-order chi connectivity index (χ0) is 13.1. The van der Waals surface area contributed by atoms with Crippen LogP contribution in [0.15, 0.2) is 46.2 Å². The van der Waals surface area contributed by atoms with Gasteiger partial charge in [0.05, 0.1) is 0 Å². The molecule has 0 unspecified atom stereocenters. The Hall–Kier alpha value is -0.860. The van der Waals surface area contributed by atoms with Crippen molar-refractivity contribution in [1.29, 1.82) is 0 Å². The predicted molar refractivity (Wildman–Crippen MR) is 83.5 cm³/mol. The molecule has 0 nitrogen and oxygen atoms in total. The zero-order valence-electron chi connectivity index (χ0n) is 11.3. The number of hydrogen-bond acceptors (Lipinski definition) is 2. The van der Waals surface area contributed by atoms with E-state index < -0.39 is 0 Å². The van der Waals surface area contributed by atoms with Crippen LogP contribution in [0.5, 0.6) is 0 Å². The van der Waals surface area contributed by atoms with Crippen molar-refractivity contribution in [3.8, 4) is 0 Å². The zero-order valence-corrected chi connectivity index (χ0v) is 12.9. The van der Waals surface area contributed by atoms with Crippen molar-refractivity contribution in [1.82, 2.24) is 0 Å². The van der Waals surface area contributed by atoms with Crippen LogP contribution in [-0.4, -0.2) is 0 Å². The van der Waals surface area contributed by atoms with Gasteiger partial charge in [-0.3, -0.25) is 0 Å². The van der Waals surface area contributed by atoms with E-state index in [2.05, 4.69) is 64.1 Å². The molecule has 0 aromatic heterocycles. The Kier molecular flexibility index (Phi) is 4.41. The molecule has 0 atom stereocenters. The van der Waals surface area contributed by atoms with E-state index in [0.717, 1.165) is 0 Å². The van der Waals surface area contributed by atoms with Crippen LogP contribution in [0.3, 0.4) is 0 Å². The summed E-state index contributed by atoms with van der Waals surface area (Å²) in [5, 5.41) is 0. The van der Waals surface area contributed by atoms with Crippen LogP contribution in [-0.2, 0) is 0 Å². The summed E-state index contributed by atoms with van der Waals surface area (Å²) in [7, 11) is 3.66. The lowest BCUT2D eigenvalue weighted by Gasteiger charge is -2.06. The van der Waals surface area contributed by atoms with Crippen molar-refractivity contribution in [3.63, 3.8) is 0 Å². The van der Waals surface area contributed by atoms with Crippen molar-refractivity contribution in [3.05, 3.63) is 58.7 Å². The van der Waals surface area contributed by atoms with Gasteiger partial charge in [-0.2, -0.15) is 0 Å². The molecule has 0 amide bonds. The van der Waals surface area contributed by atoms with Crippen molar-refractivity contribution in [2.45, 2.75) is 37.5 Å². The van der Waals surface area contributed by atoms with Crippen LogP contribution >= 0.6 is 21.6 Å². The van der Waals surface area contributed by atoms with Gasteiger partial charge >= 0.3 is 0 Å². The van der Waals surface area contributed by atoms with E-state index in [9.17, 15) is 0 Å². The molecule has 0 fully saturated rings. The first-order chi connectivity index (χ1) is 8.54. The van der Waals surface area contributed by atoms with Gasteiger partial charge < -0.3 is 0 Å². The lowest BCUT2D eigenvalue weighted by molar-refractivity contribution is 1.28.